The standard InChI is InChI=1S/C33H31N2O.C15H28O2.Ir/c1-18(2)22-16-21-14-15-25-30(26-12-9-11-24-23-10-7-8-13-28(23)36-32(24)26)34-33(20(5)6)35-31(25)29(21)27(17-22)19(3)4;1-7-14(5,8-2)12(16)11-13(17)15(6,9-3)10-4;/h7-11,13-20H,1-6H3;11,16H,7-10H2,1-6H3;/q-1;;/b;12-11-;. The second-order valence-electron chi connectivity index (χ2n) is 16.2. The first-order valence-corrected chi connectivity index (χ1v) is 19.7. The summed E-state index contributed by atoms with van der Waals surface area (Å²) in [6.07, 6.45) is 4.75. The Hall–Kier alpha value is -3.86. The van der Waals surface area contributed by atoms with E-state index >= 15 is 0 Å². The summed E-state index contributed by atoms with van der Waals surface area (Å²) in [5.74, 6) is 2.16. The van der Waals surface area contributed by atoms with Gasteiger partial charge in [0, 0.05) is 59.4 Å². The molecular formula is C48H59IrN2O3-. The third kappa shape index (κ3) is 8.21. The minimum atomic E-state index is -0.337. The molecule has 0 saturated heterocycles. The average Bonchev–Trinajstić information content (AvgIpc) is 3.55. The first-order valence-electron chi connectivity index (χ1n) is 19.7. The second-order valence-corrected chi connectivity index (χ2v) is 16.2. The maximum atomic E-state index is 12.2. The van der Waals surface area contributed by atoms with Gasteiger partial charge < -0.3 is 9.52 Å². The van der Waals surface area contributed by atoms with Crippen molar-refractivity contribution in [3.05, 3.63) is 95.5 Å². The van der Waals surface area contributed by atoms with Crippen molar-refractivity contribution in [2.45, 2.75) is 127 Å². The molecule has 1 N–H and O–H groups in total. The normalized spacial score (nSPS) is 12.6. The van der Waals surface area contributed by atoms with Crippen LogP contribution in [0.5, 0.6) is 0 Å². The van der Waals surface area contributed by atoms with Crippen molar-refractivity contribution in [2.75, 3.05) is 0 Å². The number of benzene rings is 4. The smallest absolute Gasteiger partial charge is 0.164 e. The van der Waals surface area contributed by atoms with Crippen molar-refractivity contribution < 1.29 is 34.4 Å². The summed E-state index contributed by atoms with van der Waals surface area (Å²) >= 11 is 0. The topological polar surface area (TPSA) is 76.2 Å². The number of fused-ring (bicyclic) bond motifs is 6. The number of aromatic nitrogens is 2. The molecule has 0 spiro atoms. The van der Waals surface area contributed by atoms with E-state index in [1.54, 1.807) is 0 Å². The van der Waals surface area contributed by atoms with Gasteiger partial charge in [-0.2, -0.15) is 0 Å². The van der Waals surface area contributed by atoms with E-state index in [0.29, 0.717) is 11.8 Å². The molecule has 0 aliphatic rings. The van der Waals surface area contributed by atoms with Gasteiger partial charge in [-0.3, -0.25) is 9.78 Å². The van der Waals surface area contributed by atoms with Crippen molar-refractivity contribution in [3.63, 3.8) is 0 Å². The molecule has 0 unspecified atom stereocenters. The van der Waals surface area contributed by atoms with Crippen LogP contribution in [-0.2, 0) is 24.9 Å². The van der Waals surface area contributed by atoms with Crippen LogP contribution in [0.4, 0.5) is 0 Å². The number of hydrogen-bond acceptors (Lipinski definition) is 5. The van der Waals surface area contributed by atoms with Gasteiger partial charge in [-0.1, -0.05) is 136 Å². The maximum Gasteiger partial charge on any atom is 0.164 e. The predicted octanol–water partition coefficient (Wildman–Crippen LogP) is 14.2. The van der Waals surface area contributed by atoms with Crippen LogP contribution in [0.2, 0.25) is 0 Å². The number of para-hydroxylation sites is 1. The minimum Gasteiger partial charge on any atom is -0.512 e. The number of nitrogens with zero attached hydrogens (tertiary/aromatic N) is 2. The molecule has 0 saturated carbocycles. The average molecular weight is 904 g/mol. The summed E-state index contributed by atoms with van der Waals surface area (Å²) in [4.78, 5) is 22.5. The SMILES string of the molecule is CC(C)c1cc(C(C)C)c2c(ccc3c(-c4[c-]ccc5c4oc4ccccc45)nc(C(C)C)nc32)c1.CCC(C)(CC)C(=O)/C=C(\O)C(C)(CC)CC.[Ir]. The molecule has 2 heterocycles. The van der Waals surface area contributed by atoms with Crippen LogP contribution >= 0.6 is 0 Å². The number of ketones is 1. The van der Waals surface area contributed by atoms with Gasteiger partial charge in [0.25, 0.3) is 0 Å². The Kier molecular flexibility index (Phi) is 13.7. The Balaban J connectivity index is 0.000000309. The van der Waals surface area contributed by atoms with Gasteiger partial charge in [-0.05, 0) is 65.5 Å². The van der Waals surface area contributed by atoms with Crippen molar-refractivity contribution in [3.8, 4) is 11.3 Å². The number of carbonyl (C=O) groups is 1. The van der Waals surface area contributed by atoms with E-state index in [1.165, 1.54) is 28.0 Å². The molecule has 6 aromatic rings. The molecule has 0 fully saturated rings. The van der Waals surface area contributed by atoms with Crippen molar-refractivity contribution >= 4 is 49.4 Å². The van der Waals surface area contributed by atoms with Gasteiger partial charge in [-0.15, -0.1) is 18.2 Å². The molecule has 0 amide bonds. The molecule has 2 aromatic heterocycles. The minimum absolute atomic E-state index is 0. The third-order valence-corrected chi connectivity index (χ3v) is 11.8. The van der Waals surface area contributed by atoms with Gasteiger partial charge >= 0.3 is 0 Å². The fourth-order valence-corrected chi connectivity index (χ4v) is 6.91. The first kappa shape index (κ1) is 42.9. The van der Waals surface area contributed by atoms with Crippen LogP contribution in [0.3, 0.4) is 0 Å². The van der Waals surface area contributed by atoms with Crippen molar-refractivity contribution in [2.24, 2.45) is 10.8 Å². The Labute approximate surface area is 336 Å². The van der Waals surface area contributed by atoms with Crippen LogP contribution in [-0.4, -0.2) is 20.9 Å². The zero-order chi connectivity index (χ0) is 38.8. The summed E-state index contributed by atoms with van der Waals surface area (Å²) in [5.41, 5.74) is 6.60. The van der Waals surface area contributed by atoms with E-state index in [0.717, 1.165) is 75.6 Å². The third-order valence-electron chi connectivity index (χ3n) is 11.8. The van der Waals surface area contributed by atoms with Crippen LogP contribution in [0.1, 0.15) is 143 Å². The largest absolute Gasteiger partial charge is 0.512 e. The Morgan fingerprint density at radius 1 is 0.796 bits per heavy atom. The molecule has 0 aliphatic heterocycles. The fraction of sp³-hybridized carbons (Fsp3) is 0.438. The zero-order valence-electron chi connectivity index (χ0n) is 34.4. The molecule has 6 rings (SSSR count). The van der Waals surface area contributed by atoms with Crippen LogP contribution in [0, 0.1) is 16.9 Å². The number of hydrogen-bond donors (Lipinski definition) is 1. The molecular weight excluding hydrogens is 845 g/mol. The van der Waals surface area contributed by atoms with Crippen LogP contribution in [0.15, 0.2) is 76.9 Å². The molecule has 1 radical (unpaired) electrons. The number of aliphatic hydroxyl groups is 1. The van der Waals surface area contributed by atoms with Crippen molar-refractivity contribution in [1.29, 1.82) is 0 Å². The molecule has 289 valence electrons. The molecule has 0 bridgehead atoms. The molecule has 54 heavy (non-hydrogen) atoms. The quantitative estimate of drug-likeness (QED) is 0.0607. The number of aliphatic hydroxyl groups excluding tert-OH is 1. The fourth-order valence-electron chi connectivity index (χ4n) is 6.91. The molecule has 5 nitrogen and oxygen atoms in total. The monoisotopic (exact) mass is 904 g/mol. The Morgan fingerprint density at radius 3 is 2.04 bits per heavy atom. The van der Waals surface area contributed by atoms with Gasteiger partial charge in [-0.25, -0.2) is 4.98 Å². The number of furan rings is 1. The zero-order valence-corrected chi connectivity index (χ0v) is 36.8. The number of carbonyl (C=O) groups excluding carboxylic acids is 1. The van der Waals surface area contributed by atoms with E-state index in [2.05, 4.69) is 90.1 Å². The molecule has 6 heteroatoms. The molecule has 4 aromatic carbocycles. The van der Waals surface area contributed by atoms with E-state index in [9.17, 15) is 9.90 Å². The summed E-state index contributed by atoms with van der Waals surface area (Å²) in [7, 11) is 0. The Morgan fingerprint density at radius 2 is 1.44 bits per heavy atom. The number of rotatable bonds is 11. The van der Waals surface area contributed by atoms with E-state index < -0.39 is 0 Å². The number of allylic oxidation sites excluding steroid dienone is 2. The molecule has 0 aliphatic carbocycles. The van der Waals surface area contributed by atoms with E-state index in [1.807, 2.05) is 59.7 Å². The van der Waals surface area contributed by atoms with E-state index in [-0.39, 0.29) is 48.4 Å². The Bertz CT molecular complexity index is 2290. The molecule has 0 atom stereocenters. The first-order chi connectivity index (χ1) is 25.1. The van der Waals surface area contributed by atoms with Gasteiger partial charge in [0.05, 0.1) is 11.1 Å². The van der Waals surface area contributed by atoms with Gasteiger partial charge in [0.2, 0.25) is 0 Å². The maximum absolute atomic E-state index is 12.2. The van der Waals surface area contributed by atoms with E-state index in [4.69, 9.17) is 14.4 Å². The summed E-state index contributed by atoms with van der Waals surface area (Å²) in [5, 5.41) is 15.8. The van der Waals surface area contributed by atoms with Gasteiger partial charge in [0.1, 0.15) is 17.2 Å². The van der Waals surface area contributed by atoms with Crippen LogP contribution in [0.25, 0.3) is 54.9 Å². The summed E-state index contributed by atoms with van der Waals surface area (Å²) in [6.45, 7) is 25.4. The van der Waals surface area contributed by atoms with Gasteiger partial charge in [0.15, 0.2) is 5.78 Å². The van der Waals surface area contributed by atoms with Crippen molar-refractivity contribution in [1.82, 2.24) is 9.97 Å². The van der Waals surface area contributed by atoms with Crippen LogP contribution < -0.4 is 0 Å². The summed E-state index contributed by atoms with van der Waals surface area (Å²) in [6, 6.07) is 24.8. The predicted molar refractivity (Wildman–Crippen MR) is 224 cm³/mol. The summed E-state index contributed by atoms with van der Waals surface area (Å²) < 4.78 is 6.39. The second kappa shape index (κ2) is 17.3.